The maximum absolute atomic E-state index is 13.3. The van der Waals surface area contributed by atoms with Crippen LogP contribution in [0.2, 0.25) is 5.02 Å². The average Bonchev–Trinajstić information content (AvgIpc) is 3.10. The number of aryl methyl sites for hydroxylation is 1. The molecule has 1 saturated heterocycles. The number of halogens is 1. The third-order valence-corrected chi connectivity index (χ3v) is 5.80. The van der Waals surface area contributed by atoms with E-state index in [9.17, 15) is 14.7 Å². The Morgan fingerprint density at radius 2 is 1.91 bits per heavy atom. The fourth-order valence-corrected chi connectivity index (χ4v) is 4.43. The number of Topliss-reactive ketones (excluding diaryl/α,β-unsaturated/α-hetero) is 1. The van der Waals surface area contributed by atoms with E-state index in [1.54, 1.807) is 67.8 Å². The molecule has 1 atom stereocenters. The third kappa shape index (κ3) is 4.10. The molecule has 8 heteroatoms. The number of hydrogen-bond acceptors (Lipinski definition) is 6. The third-order valence-electron chi connectivity index (χ3n) is 5.52. The zero-order valence-corrected chi connectivity index (χ0v) is 19.7. The van der Waals surface area contributed by atoms with Crippen molar-refractivity contribution in [1.82, 2.24) is 4.98 Å². The summed E-state index contributed by atoms with van der Waals surface area (Å²) in [4.78, 5) is 32.1. The van der Waals surface area contributed by atoms with Gasteiger partial charge < -0.3 is 14.6 Å². The highest BCUT2D eigenvalue weighted by Gasteiger charge is 2.47. The molecule has 1 fully saturated rings. The molecule has 1 amide bonds. The van der Waals surface area contributed by atoms with Crippen molar-refractivity contribution in [3.8, 4) is 11.5 Å². The molecule has 1 unspecified atom stereocenters. The monoisotopic (exact) mass is 478 g/mol. The molecule has 174 valence electrons. The molecule has 1 aliphatic heterocycles. The highest BCUT2D eigenvalue weighted by Crippen LogP contribution is 2.44. The molecule has 0 spiro atoms. The van der Waals surface area contributed by atoms with Gasteiger partial charge in [-0.2, -0.15) is 0 Å². The second-order valence-electron chi connectivity index (χ2n) is 7.71. The van der Waals surface area contributed by atoms with Crippen molar-refractivity contribution in [2.75, 3.05) is 18.6 Å². The molecule has 3 aromatic rings. The predicted octanol–water partition coefficient (Wildman–Crippen LogP) is 5.08. The zero-order valence-electron chi connectivity index (χ0n) is 18.9. The van der Waals surface area contributed by atoms with Crippen LogP contribution in [0.3, 0.4) is 0 Å². The van der Waals surface area contributed by atoms with Crippen molar-refractivity contribution in [3.63, 3.8) is 0 Å². The number of aliphatic hydroxyl groups is 1. The number of ketones is 1. The van der Waals surface area contributed by atoms with Crippen molar-refractivity contribution in [3.05, 3.63) is 88.2 Å². The molecule has 1 N–H and O–H groups in total. The Labute approximate surface area is 202 Å². The number of aromatic nitrogens is 1. The molecule has 4 rings (SSSR count). The number of carbonyl (C=O) groups excluding carboxylic acids is 2. The van der Waals surface area contributed by atoms with Crippen LogP contribution in [0.4, 0.5) is 5.69 Å². The van der Waals surface area contributed by atoms with Gasteiger partial charge in [0.25, 0.3) is 11.7 Å². The molecule has 0 bridgehead atoms. The van der Waals surface area contributed by atoms with E-state index in [2.05, 4.69) is 4.98 Å². The van der Waals surface area contributed by atoms with E-state index in [4.69, 9.17) is 21.1 Å². The largest absolute Gasteiger partial charge is 0.507 e. The Bertz CT molecular complexity index is 1270. The summed E-state index contributed by atoms with van der Waals surface area (Å²) in [5.41, 5.74) is 1.95. The lowest BCUT2D eigenvalue weighted by molar-refractivity contribution is -0.132. The second-order valence-corrected chi connectivity index (χ2v) is 8.12. The Kier molecular flexibility index (Phi) is 6.56. The number of amides is 1. The summed E-state index contributed by atoms with van der Waals surface area (Å²) in [6.07, 6.45) is 3.15. The lowest BCUT2D eigenvalue weighted by Gasteiger charge is -2.25. The Morgan fingerprint density at radius 3 is 2.53 bits per heavy atom. The van der Waals surface area contributed by atoms with Crippen LogP contribution in [-0.4, -0.2) is 35.5 Å². The van der Waals surface area contributed by atoms with Gasteiger partial charge in [-0.05, 0) is 67.4 Å². The standard InChI is InChI=1S/C26H23ClN2O5/c1-4-34-18-9-7-17(8-10-18)29-22(16-6-5-11-28-14-16)21(24(31)26(29)32)23(30)19-12-15(2)13-20(27)25(19)33-3/h5-14,22,30H,4H2,1-3H3/b23-21+. The Hall–Kier alpha value is -3.84. The lowest BCUT2D eigenvalue weighted by atomic mass is 9.95. The molecular weight excluding hydrogens is 456 g/mol. The van der Waals surface area contributed by atoms with Gasteiger partial charge in [-0.15, -0.1) is 0 Å². The number of methoxy groups -OCH3 is 1. The molecule has 0 saturated carbocycles. The topological polar surface area (TPSA) is 89.0 Å². The maximum Gasteiger partial charge on any atom is 0.300 e. The molecule has 7 nitrogen and oxygen atoms in total. The van der Waals surface area contributed by atoms with Crippen molar-refractivity contribution >= 4 is 34.7 Å². The first-order chi connectivity index (χ1) is 16.4. The van der Waals surface area contributed by atoms with Crippen LogP contribution < -0.4 is 14.4 Å². The zero-order chi connectivity index (χ0) is 24.4. The molecular formula is C26H23ClN2O5. The highest BCUT2D eigenvalue weighted by atomic mass is 35.5. The van der Waals surface area contributed by atoms with Crippen LogP contribution >= 0.6 is 11.6 Å². The number of carbonyl (C=O) groups is 2. The Balaban J connectivity index is 1.94. The quantitative estimate of drug-likeness (QED) is 0.302. The van der Waals surface area contributed by atoms with E-state index in [-0.39, 0.29) is 27.7 Å². The van der Waals surface area contributed by atoms with Gasteiger partial charge in [-0.25, -0.2) is 0 Å². The van der Waals surface area contributed by atoms with Crippen LogP contribution in [0, 0.1) is 6.92 Å². The average molecular weight is 479 g/mol. The predicted molar refractivity (Wildman–Crippen MR) is 129 cm³/mol. The number of nitrogens with zero attached hydrogens (tertiary/aromatic N) is 2. The molecule has 0 radical (unpaired) electrons. The lowest BCUT2D eigenvalue weighted by Crippen LogP contribution is -2.29. The normalized spacial score (nSPS) is 17.2. The summed E-state index contributed by atoms with van der Waals surface area (Å²) in [6.45, 7) is 4.18. The minimum atomic E-state index is -0.907. The first-order valence-corrected chi connectivity index (χ1v) is 11.0. The SMILES string of the molecule is CCOc1ccc(N2C(=O)C(=O)/C(=C(/O)c3cc(C)cc(Cl)c3OC)C2c2cccnc2)cc1. The molecule has 34 heavy (non-hydrogen) atoms. The number of pyridine rings is 1. The summed E-state index contributed by atoms with van der Waals surface area (Å²) in [7, 11) is 1.42. The van der Waals surface area contributed by atoms with E-state index >= 15 is 0 Å². The van der Waals surface area contributed by atoms with Crippen LogP contribution in [-0.2, 0) is 9.59 Å². The van der Waals surface area contributed by atoms with Gasteiger partial charge >= 0.3 is 0 Å². The first kappa shape index (κ1) is 23.3. The first-order valence-electron chi connectivity index (χ1n) is 10.7. The highest BCUT2D eigenvalue weighted by molar-refractivity contribution is 6.51. The molecule has 2 aromatic carbocycles. The van der Waals surface area contributed by atoms with Crippen LogP contribution in [0.25, 0.3) is 5.76 Å². The van der Waals surface area contributed by atoms with E-state index in [1.165, 1.54) is 12.0 Å². The second kappa shape index (κ2) is 9.57. The molecule has 0 aliphatic carbocycles. The van der Waals surface area contributed by atoms with Gasteiger partial charge in [-0.1, -0.05) is 17.7 Å². The van der Waals surface area contributed by atoms with Crippen molar-refractivity contribution in [1.29, 1.82) is 0 Å². The summed E-state index contributed by atoms with van der Waals surface area (Å²) in [5, 5.41) is 11.7. The van der Waals surface area contributed by atoms with Gasteiger partial charge in [-0.3, -0.25) is 19.5 Å². The van der Waals surface area contributed by atoms with E-state index in [0.717, 1.165) is 5.56 Å². The number of ether oxygens (including phenoxy) is 2. The minimum Gasteiger partial charge on any atom is -0.507 e. The minimum absolute atomic E-state index is 0.0770. The summed E-state index contributed by atoms with van der Waals surface area (Å²) in [5.74, 6) is -1.11. The fourth-order valence-electron chi connectivity index (χ4n) is 4.08. The van der Waals surface area contributed by atoms with Crippen molar-refractivity contribution in [2.45, 2.75) is 19.9 Å². The van der Waals surface area contributed by atoms with E-state index < -0.39 is 17.7 Å². The number of aliphatic hydroxyl groups excluding tert-OH is 1. The Morgan fingerprint density at radius 1 is 1.18 bits per heavy atom. The van der Waals surface area contributed by atoms with Gasteiger partial charge in [0.15, 0.2) is 0 Å². The van der Waals surface area contributed by atoms with Gasteiger partial charge in [0.05, 0.1) is 35.9 Å². The molecule has 2 heterocycles. The van der Waals surface area contributed by atoms with Gasteiger partial charge in [0, 0.05) is 18.1 Å². The maximum atomic E-state index is 13.3. The van der Waals surface area contributed by atoms with Crippen molar-refractivity contribution < 1.29 is 24.2 Å². The number of rotatable bonds is 6. The van der Waals surface area contributed by atoms with Crippen molar-refractivity contribution in [2.24, 2.45) is 0 Å². The van der Waals surface area contributed by atoms with Crippen LogP contribution in [0.1, 0.15) is 29.7 Å². The summed E-state index contributed by atoms with van der Waals surface area (Å²) in [6, 6.07) is 12.7. The number of hydrogen-bond donors (Lipinski definition) is 1. The molecule has 1 aliphatic rings. The number of benzene rings is 2. The smallest absolute Gasteiger partial charge is 0.300 e. The van der Waals surface area contributed by atoms with E-state index in [0.29, 0.717) is 23.6 Å². The van der Waals surface area contributed by atoms with Gasteiger partial charge in [0.2, 0.25) is 0 Å². The fraction of sp³-hybridized carbons (Fsp3) is 0.192. The molecule has 1 aromatic heterocycles. The van der Waals surface area contributed by atoms with E-state index in [1.807, 2.05) is 6.92 Å². The van der Waals surface area contributed by atoms with Crippen LogP contribution in [0.15, 0.2) is 66.5 Å². The summed E-state index contributed by atoms with van der Waals surface area (Å²) >= 11 is 6.33. The van der Waals surface area contributed by atoms with Gasteiger partial charge in [0.1, 0.15) is 17.3 Å². The van der Waals surface area contributed by atoms with Crippen LogP contribution in [0.5, 0.6) is 11.5 Å². The number of anilines is 1. The summed E-state index contributed by atoms with van der Waals surface area (Å²) < 4.78 is 10.9.